The van der Waals surface area contributed by atoms with Crippen LogP contribution in [0, 0.1) is 5.82 Å². The van der Waals surface area contributed by atoms with Crippen LogP contribution in [0.1, 0.15) is 22.8 Å². The van der Waals surface area contributed by atoms with E-state index in [0.29, 0.717) is 28.6 Å². The number of nitrogens with one attached hydrogen (secondary N) is 2. The smallest absolute Gasteiger partial charge is 0.255 e. The summed E-state index contributed by atoms with van der Waals surface area (Å²) in [7, 11) is -4.23. The van der Waals surface area contributed by atoms with E-state index in [9.17, 15) is 17.6 Å². The molecule has 9 heteroatoms. The van der Waals surface area contributed by atoms with Crippen molar-refractivity contribution in [3.63, 3.8) is 0 Å². The van der Waals surface area contributed by atoms with Crippen LogP contribution in [-0.2, 0) is 16.6 Å². The molecule has 3 rings (SSSR count). The Hall–Kier alpha value is -2.94. The largest absolute Gasteiger partial charge is 0.494 e. The van der Waals surface area contributed by atoms with Gasteiger partial charge in [0.15, 0.2) is 0 Å². The van der Waals surface area contributed by atoms with Crippen molar-refractivity contribution in [3.05, 3.63) is 88.7 Å². The quantitative estimate of drug-likeness (QED) is 0.512. The zero-order valence-corrected chi connectivity index (χ0v) is 18.1. The van der Waals surface area contributed by atoms with Crippen molar-refractivity contribution in [2.45, 2.75) is 18.4 Å². The highest BCUT2D eigenvalue weighted by atomic mass is 35.5. The summed E-state index contributed by atoms with van der Waals surface area (Å²) < 4.78 is 47.2. The van der Waals surface area contributed by atoms with Crippen molar-refractivity contribution in [3.8, 4) is 5.75 Å². The van der Waals surface area contributed by atoms with Gasteiger partial charge < -0.3 is 10.1 Å². The van der Waals surface area contributed by atoms with Crippen LogP contribution in [0.15, 0.2) is 71.6 Å². The minimum absolute atomic E-state index is 0.00611. The summed E-state index contributed by atoms with van der Waals surface area (Å²) in [6, 6.07) is 16.5. The summed E-state index contributed by atoms with van der Waals surface area (Å²) in [5.41, 5.74) is 1.02. The molecule has 0 heterocycles. The molecule has 3 aromatic rings. The Bertz CT molecular complexity index is 1180. The molecular weight excluding hydrogens is 443 g/mol. The van der Waals surface area contributed by atoms with Crippen LogP contribution in [-0.4, -0.2) is 20.9 Å². The number of benzene rings is 3. The van der Waals surface area contributed by atoms with Crippen LogP contribution in [0.3, 0.4) is 0 Å². The summed E-state index contributed by atoms with van der Waals surface area (Å²) in [6.45, 7) is 2.26. The molecule has 162 valence electrons. The third-order valence-corrected chi connectivity index (χ3v) is 6.10. The number of carbonyl (C=O) groups excluding carboxylic acids is 1. The molecule has 31 heavy (non-hydrogen) atoms. The number of hydrogen-bond acceptors (Lipinski definition) is 4. The van der Waals surface area contributed by atoms with Crippen LogP contribution < -0.4 is 14.8 Å². The first-order valence-electron chi connectivity index (χ1n) is 9.37. The Morgan fingerprint density at radius 3 is 2.45 bits per heavy atom. The van der Waals surface area contributed by atoms with E-state index in [4.69, 9.17) is 16.3 Å². The highest BCUT2D eigenvalue weighted by molar-refractivity contribution is 7.89. The van der Waals surface area contributed by atoms with Gasteiger partial charge in [-0.3, -0.25) is 4.79 Å². The minimum atomic E-state index is -4.23. The van der Waals surface area contributed by atoms with Gasteiger partial charge in [0.25, 0.3) is 5.91 Å². The van der Waals surface area contributed by atoms with Crippen molar-refractivity contribution in [2.24, 2.45) is 0 Å². The molecule has 0 spiro atoms. The maximum atomic E-state index is 14.3. The second-order valence-electron chi connectivity index (χ2n) is 6.47. The molecule has 0 aliphatic rings. The van der Waals surface area contributed by atoms with E-state index in [1.807, 2.05) is 6.92 Å². The van der Waals surface area contributed by atoms with Gasteiger partial charge in [0.1, 0.15) is 16.5 Å². The van der Waals surface area contributed by atoms with Crippen LogP contribution in [0.25, 0.3) is 0 Å². The summed E-state index contributed by atoms with van der Waals surface area (Å²) in [5.74, 6) is -0.892. The average Bonchev–Trinajstić information content (AvgIpc) is 2.75. The van der Waals surface area contributed by atoms with Gasteiger partial charge in [0.2, 0.25) is 10.0 Å². The lowest BCUT2D eigenvalue weighted by molar-refractivity contribution is 0.102. The van der Waals surface area contributed by atoms with Gasteiger partial charge in [0, 0.05) is 22.8 Å². The Morgan fingerprint density at radius 2 is 1.77 bits per heavy atom. The van der Waals surface area contributed by atoms with E-state index >= 15 is 0 Å². The van der Waals surface area contributed by atoms with Crippen molar-refractivity contribution in [1.29, 1.82) is 0 Å². The molecule has 0 aliphatic carbocycles. The van der Waals surface area contributed by atoms with Crippen molar-refractivity contribution in [2.75, 3.05) is 11.9 Å². The number of ether oxygens (including phenoxy) is 1. The maximum Gasteiger partial charge on any atom is 0.255 e. The minimum Gasteiger partial charge on any atom is -0.494 e. The first kappa shape index (κ1) is 22.7. The molecule has 0 aromatic heterocycles. The second-order valence-corrected chi connectivity index (χ2v) is 8.62. The highest BCUT2D eigenvalue weighted by Crippen LogP contribution is 2.21. The van der Waals surface area contributed by atoms with E-state index in [-0.39, 0.29) is 12.1 Å². The Labute approximate surface area is 185 Å². The normalized spacial score (nSPS) is 11.2. The molecule has 1 amide bonds. The van der Waals surface area contributed by atoms with Gasteiger partial charge in [-0.05, 0) is 61.0 Å². The molecule has 0 fully saturated rings. The molecule has 0 aliphatic heterocycles. The number of halogens is 2. The summed E-state index contributed by atoms with van der Waals surface area (Å²) >= 11 is 6.03. The molecule has 2 N–H and O–H groups in total. The van der Waals surface area contributed by atoms with Crippen LogP contribution in [0.4, 0.5) is 10.1 Å². The van der Waals surface area contributed by atoms with Gasteiger partial charge in [-0.25, -0.2) is 17.5 Å². The van der Waals surface area contributed by atoms with Crippen LogP contribution >= 0.6 is 11.6 Å². The van der Waals surface area contributed by atoms with Gasteiger partial charge in [-0.15, -0.1) is 0 Å². The first-order valence-corrected chi connectivity index (χ1v) is 11.2. The van der Waals surface area contributed by atoms with Crippen molar-refractivity contribution < 1.29 is 22.3 Å². The van der Waals surface area contributed by atoms with Gasteiger partial charge in [-0.2, -0.15) is 0 Å². The Kier molecular flexibility index (Phi) is 7.27. The van der Waals surface area contributed by atoms with Crippen molar-refractivity contribution >= 4 is 33.2 Å². The fourth-order valence-electron chi connectivity index (χ4n) is 2.75. The lowest BCUT2D eigenvalue weighted by atomic mass is 10.2. The van der Waals surface area contributed by atoms with Crippen molar-refractivity contribution in [1.82, 2.24) is 4.72 Å². The monoisotopic (exact) mass is 462 g/mol. The van der Waals surface area contributed by atoms with E-state index in [0.717, 1.165) is 12.1 Å². The lowest BCUT2D eigenvalue weighted by Gasteiger charge is -2.11. The number of amides is 1. The van der Waals surface area contributed by atoms with E-state index in [1.165, 1.54) is 6.07 Å². The number of carbonyl (C=O) groups is 1. The zero-order valence-electron chi connectivity index (χ0n) is 16.6. The van der Waals surface area contributed by atoms with Crippen LogP contribution in [0.5, 0.6) is 5.75 Å². The number of anilines is 1. The van der Waals surface area contributed by atoms with Gasteiger partial charge in [0.05, 0.1) is 6.61 Å². The molecule has 0 saturated heterocycles. The molecular formula is C22H20ClFN2O4S. The number of sulfonamides is 1. The molecule has 0 unspecified atom stereocenters. The predicted octanol–water partition coefficient (Wildman–Crippen LogP) is 4.61. The topological polar surface area (TPSA) is 84.5 Å². The van der Waals surface area contributed by atoms with Gasteiger partial charge in [-0.1, -0.05) is 29.8 Å². The molecule has 0 saturated carbocycles. The molecule has 3 aromatic carbocycles. The maximum absolute atomic E-state index is 14.3. The highest BCUT2D eigenvalue weighted by Gasteiger charge is 2.21. The average molecular weight is 463 g/mol. The predicted molar refractivity (Wildman–Crippen MR) is 117 cm³/mol. The molecule has 6 nitrogen and oxygen atoms in total. The first-order chi connectivity index (χ1) is 14.8. The fourth-order valence-corrected chi connectivity index (χ4v) is 4.06. The third-order valence-electron chi connectivity index (χ3n) is 4.32. The molecule has 0 bridgehead atoms. The lowest BCUT2D eigenvalue weighted by Crippen LogP contribution is -2.25. The summed E-state index contributed by atoms with van der Waals surface area (Å²) in [4.78, 5) is 11.9. The Balaban J connectivity index is 1.77. The summed E-state index contributed by atoms with van der Waals surface area (Å²) in [5, 5.41) is 3.02. The van der Waals surface area contributed by atoms with E-state index in [2.05, 4.69) is 10.0 Å². The standard InChI is InChI=1S/C22H20ClFN2O4S/c1-2-30-18-10-8-17(9-11-18)26-22(27)15-7-12-20(24)21(13-15)31(28,29)25-14-16-5-3-4-6-19(16)23/h3-13,25H,2,14H2,1H3,(H,26,27). The zero-order chi connectivity index (χ0) is 22.4. The summed E-state index contributed by atoms with van der Waals surface area (Å²) in [6.07, 6.45) is 0. The van der Waals surface area contributed by atoms with E-state index in [1.54, 1.807) is 48.5 Å². The third kappa shape index (κ3) is 5.81. The molecule has 0 radical (unpaired) electrons. The van der Waals surface area contributed by atoms with Crippen LogP contribution in [0.2, 0.25) is 5.02 Å². The molecule has 0 atom stereocenters. The number of rotatable bonds is 8. The SMILES string of the molecule is CCOc1ccc(NC(=O)c2ccc(F)c(S(=O)(=O)NCc3ccccc3Cl)c2)cc1. The second kappa shape index (κ2) is 9.91. The van der Waals surface area contributed by atoms with Gasteiger partial charge >= 0.3 is 0 Å². The number of hydrogen-bond donors (Lipinski definition) is 2. The fraction of sp³-hybridized carbons (Fsp3) is 0.136. The Morgan fingerprint density at radius 1 is 1.06 bits per heavy atom. The van der Waals surface area contributed by atoms with E-state index < -0.39 is 26.6 Å².